The molecule has 9 nitrogen and oxygen atoms in total. The molecule has 0 aliphatic rings. The normalized spacial score (nSPS) is 13.9. The summed E-state index contributed by atoms with van der Waals surface area (Å²) in [6.45, 7) is 3.51. The van der Waals surface area contributed by atoms with E-state index in [0.29, 0.717) is 6.42 Å². The molecule has 0 fully saturated rings. The molecule has 0 spiro atoms. The van der Waals surface area contributed by atoms with Crippen molar-refractivity contribution >= 4 is 19.8 Å². The van der Waals surface area contributed by atoms with E-state index in [1.54, 1.807) is 0 Å². The zero-order valence-corrected chi connectivity index (χ0v) is 61.7. The van der Waals surface area contributed by atoms with Crippen molar-refractivity contribution in [2.45, 2.75) is 328 Å². The van der Waals surface area contributed by atoms with Gasteiger partial charge in [-0.05, 0) is 128 Å². The fraction of sp³-hybridized carbons (Fsp3) is 0.647. The van der Waals surface area contributed by atoms with Crippen LogP contribution in [0.25, 0.3) is 0 Å². The summed E-state index contributed by atoms with van der Waals surface area (Å²) in [6.07, 6.45) is 116. The summed E-state index contributed by atoms with van der Waals surface area (Å²) >= 11 is 0. The highest BCUT2D eigenvalue weighted by Crippen LogP contribution is 2.43. The highest BCUT2D eigenvalue weighted by molar-refractivity contribution is 7.47. The molecule has 0 aromatic heterocycles. The SMILES string of the molecule is CC/C=C\C/C=C\C/C=C\C/C=C\C/C=C\C/C=C\C/C=C\C/C=C\C/C=C\CCCCCCCC(=O)OC(COC(=O)CCCCCCCCCCCCCCCCCCCCCCCCCCC/C=C\C/C=C\C/C=C\C/C=C\C/C=C\CC)COP(=O)(O)OCCN. The first-order valence-electron chi connectivity index (χ1n) is 38.6. The molecule has 0 heterocycles. The van der Waals surface area contributed by atoms with Crippen molar-refractivity contribution in [1.29, 1.82) is 0 Å². The molecule has 540 valence electrons. The Balaban J connectivity index is 3.88. The highest BCUT2D eigenvalue weighted by atomic mass is 31.2. The van der Waals surface area contributed by atoms with Crippen molar-refractivity contribution in [3.63, 3.8) is 0 Å². The minimum absolute atomic E-state index is 0.0434. The topological polar surface area (TPSA) is 134 Å². The van der Waals surface area contributed by atoms with Crippen LogP contribution in [0.4, 0.5) is 0 Å². The predicted octanol–water partition coefficient (Wildman–Crippen LogP) is 26.1. The van der Waals surface area contributed by atoms with Gasteiger partial charge in [0.15, 0.2) is 6.10 Å². The van der Waals surface area contributed by atoms with Crippen LogP contribution in [0.1, 0.15) is 322 Å². The number of ether oxygens (including phenoxy) is 2. The Hall–Kier alpha value is -4.63. The molecule has 0 aromatic rings. The Morgan fingerprint density at radius 3 is 0.811 bits per heavy atom. The summed E-state index contributed by atoms with van der Waals surface area (Å²) in [4.78, 5) is 35.4. The van der Waals surface area contributed by atoms with Crippen LogP contribution in [-0.2, 0) is 32.7 Å². The zero-order valence-electron chi connectivity index (χ0n) is 60.8. The van der Waals surface area contributed by atoms with Crippen LogP contribution in [0.5, 0.6) is 0 Å². The van der Waals surface area contributed by atoms with Gasteiger partial charge in [0.1, 0.15) is 6.61 Å². The van der Waals surface area contributed by atoms with Crippen LogP contribution in [0.3, 0.4) is 0 Å². The fourth-order valence-electron chi connectivity index (χ4n) is 10.5. The van der Waals surface area contributed by atoms with Crippen LogP contribution < -0.4 is 5.73 Å². The maximum Gasteiger partial charge on any atom is 0.472 e. The quantitative estimate of drug-likeness (QED) is 0.0264. The Morgan fingerprint density at radius 2 is 0.547 bits per heavy atom. The summed E-state index contributed by atoms with van der Waals surface area (Å²) in [5.41, 5.74) is 5.41. The molecule has 0 aliphatic carbocycles. The molecule has 2 atom stereocenters. The molecule has 0 aliphatic heterocycles. The number of hydrogen-bond acceptors (Lipinski definition) is 8. The lowest BCUT2D eigenvalue weighted by atomic mass is 10.0. The van der Waals surface area contributed by atoms with Gasteiger partial charge < -0.3 is 20.1 Å². The molecule has 0 rings (SSSR count). The number of nitrogens with two attached hydrogens (primary N) is 1. The van der Waals surface area contributed by atoms with E-state index in [2.05, 4.69) is 184 Å². The van der Waals surface area contributed by atoms with Gasteiger partial charge in [-0.15, -0.1) is 0 Å². The van der Waals surface area contributed by atoms with E-state index >= 15 is 0 Å². The van der Waals surface area contributed by atoms with Crippen molar-refractivity contribution in [3.8, 4) is 0 Å². The Morgan fingerprint density at radius 1 is 0.316 bits per heavy atom. The Bertz CT molecular complexity index is 2170. The monoisotopic (exact) mass is 1340 g/mol. The van der Waals surface area contributed by atoms with Crippen molar-refractivity contribution < 1.29 is 37.6 Å². The first-order valence-corrected chi connectivity index (χ1v) is 40.1. The van der Waals surface area contributed by atoms with Gasteiger partial charge in [0.2, 0.25) is 0 Å². The molecule has 3 N–H and O–H groups in total. The largest absolute Gasteiger partial charge is 0.472 e. The summed E-state index contributed by atoms with van der Waals surface area (Å²) in [5.74, 6) is -0.849. The standard InChI is InChI=1S/C85H142NO8P/c1-3-5-7-9-11-13-15-17-19-21-23-25-27-29-31-33-35-37-38-39-40-41-42-43-44-46-47-49-51-53-55-57-59-61-63-65-67-69-71-73-75-77-84(87)91-81-83(82-93-95(89,90)92-80-79-86)94-85(88)78-76-74-72-70-68-66-64-62-60-58-56-54-52-50-48-45-36-34-32-30-28-26-24-22-20-18-16-14-12-10-8-6-4-2/h5-8,11-14,17-20,23-26,29-32,36,45,50,52,56,58,62,64,83H,3-4,9-10,15-16,21-22,27-28,33-35,37-44,46-49,51,53-55,57,59-61,63,65-82,86H2,1-2H3,(H,89,90)/b7-5-,8-6-,13-11-,14-12-,19-17-,20-18-,25-23-,26-24-,31-29-,32-30-,45-36-,52-50-,58-56-,64-62-. The van der Waals surface area contributed by atoms with E-state index in [9.17, 15) is 19.0 Å². The first kappa shape index (κ1) is 90.4. The highest BCUT2D eigenvalue weighted by Gasteiger charge is 2.26. The second kappa shape index (κ2) is 78.4. The van der Waals surface area contributed by atoms with E-state index in [-0.39, 0.29) is 38.6 Å². The minimum Gasteiger partial charge on any atom is -0.462 e. The smallest absolute Gasteiger partial charge is 0.462 e. The number of phosphoric acid groups is 1. The van der Waals surface area contributed by atoms with Crippen molar-refractivity contribution in [2.24, 2.45) is 5.73 Å². The van der Waals surface area contributed by atoms with Gasteiger partial charge in [0.25, 0.3) is 0 Å². The van der Waals surface area contributed by atoms with E-state index in [0.717, 1.165) is 141 Å². The second-order valence-corrected chi connectivity index (χ2v) is 26.6. The van der Waals surface area contributed by atoms with Gasteiger partial charge in [0, 0.05) is 19.4 Å². The number of allylic oxidation sites excluding steroid dienone is 28. The fourth-order valence-corrected chi connectivity index (χ4v) is 11.2. The second-order valence-electron chi connectivity index (χ2n) is 25.1. The minimum atomic E-state index is -4.41. The summed E-state index contributed by atoms with van der Waals surface area (Å²) in [7, 11) is -4.41. The van der Waals surface area contributed by atoms with Crippen LogP contribution >= 0.6 is 7.82 Å². The van der Waals surface area contributed by atoms with Crippen LogP contribution in [0.15, 0.2) is 170 Å². The molecule has 0 saturated heterocycles. The Labute approximate surface area is 584 Å². The lowest BCUT2D eigenvalue weighted by molar-refractivity contribution is -0.161. The van der Waals surface area contributed by atoms with E-state index in [1.807, 2.05) is 0 Å². The number of rotatable bonds is 71. The van der Waals surface area contributed by atoms with E-state index in [4.69, 9.17) is 24.3 Å². The van der Waals surface area contributed by atoms with Crippen LogP contribution in [0.2, 0.25) is 0 Å². The number of hydrogen-bond donors (Lipinski definition) is 2. The van der Waals surface area contributed by atoms with Gasteiger partial charge in [0.05, 0.1) is 13.2 Å². The van der Waals surface area contributed by atoms with Crippen LogP contribution in [0, 0.1) is 0 Å². The third-order valence-corrected chi connectivity index (χ3v) is 17.1. The molecule has 10 heteroatoms. The molecule has 95 heavy (non-hydrogen) atoms. The van der Waals surface area contributed by atoms with Crippen molar-refractivity contribution in [3.05, 3.63) is 170 Å². The average molecular weight is 1340 g/mol. The van der Waals surface area contributed by atoms with E-state index < -0.39 is 26.5 Å². The molecule has 0 saturated carbocycles. The molecule has 0 bridgehead atoms. The van der Waals surface area contributed by atoms with E-state index in [1.165, 1.54) is 148 Å². The number of phosphoric ester groups is 1. The molecule has 0 aromatic carbocycles. The van der Waals surface area contributed by atoms with Gasteiger partial charge in [-0.3, -0.25) is 18.6 Å². The lowest BCUT2D eigenvalue weighted by Crippen LogP contribution is -2.29. The maximum absolute atomic E-state index is 12.8. The lowest BCUT2D eigenvalue weighted by Gasteiger charge is -2.19. The third kappa shape index (κ3) is 78.3. The number of carbonyl (C=O) groups excluding carboxylic acids is 2. The number of esters is 2. The predicted molar refractivity (Wildman–Crippen MR) is 413 cm³/mol. The average Bonchev–Trinajstić information content (AvgIpc) is 3.25. The van der Waals surface area contributed by atoms with Gasteiger partial charge >= 0.3 is 19.8 Å². The number of unbranched alkanes of at least 4 members (excludes halogenated alkanes) is 30. The number of carbonyl (C=O) groups is 2. The summed E-state index contributed by atoms with van der Waals surface area (Å²) in [5, 5.41) is 0. The molecular weight excluding hydrogens is 1190 g/mol. The molecule has 0 amide bonds. The summed E-state index contributed by atoms with van der Waals surface area (Å²) < 4.78 is 33.2. The van der Waals surface area contributed by atoms with Gasteiger partial charge in [-0.25, -0.2) is 4.57 Å². The van der Waals surface area contributed by atoms with Crippen LogP contribution in [-0.4, -0.2) is 49.3 Å². The van der Waals surface area contributed by atoms with Crippen molar-refractivity contribution in [2.75, 3.05) is 26.4 Å². The molecular formula is C85H142NO8P. The van der Waals surface area contributed by atoms with Gasteiger partial charge in [-0.1, -0.05) is 351 Å². The first-order chi connectivity index (χ1) is 46.8. The maximum atomic E-state index is 12.8. The third-order valence-electron chi connectivity index (χ3n) is 16.1. The molecule has 0 radical (unpaired) electrons. The Kier molecular flexibility index (Phi) is 74.5. The summed E-state index contributed by atoms with van der Waals surface area (Å²) in [6, 6.07) is 0. The molecule has 2 unspecified atom stereocenters. The van der Waals surface area contributed by atoms with Gasteiger partial charge in [-0.2, -0.15) is 0 Å². The van der Waals surface area contributed by atoms with Crippen molar-refractivity contribution in [1.82, 2.24) is 0 Å². The zero-order chi connectivity index (χ0) is 68.6.